The minimum Gasteiger partial charge on any atom is -0.404 e. The first-order valence-corrected chi connectivity index (χ1v) is 3.95. The SMILES string of the molecule is BBn1ccc2ccccc21. The second kappa shape index (κ2) is 2.50. The molecule has 11 heavy (non-hydrogen) atoms. The van der Waals surface area contributed by atoms with Crippen LogP contribution in [0.15, 0.2) is 36.5 Å². The third-order valence-electron chi connectivity index (χ3n) is 2.02. The molecule has 0 fully saturated rings. The van der Waals surface area contributed by atoms with Gasteiger partial charge in [-0.15, -0.1) is 0 Å². The van der Waals surface area contributed by atoms with E-state index in [-0.39, 0.29) is 0 Å². The summed E-state index contributed by atoms with van der Waals surface area (Å²) in [4.78, 5) is 0. The van der Waals surface area contributed by atoms with Gasteiger partial charge in [-0.25, -0.2) is 0 Å². The minimum atomic E-state index is 1.05. The van der Waals surface area contributed by atoms with Crippen molar-refractivity contribution in [2.75, 3.05) is 0 Å². The Labute approximate surface area is 67.7 Å². The Morgan fingerprint density at radius 2 is 2.00 bits per heavy atom. The van der Waals surface area contributed by atoms with Crippen LogP contribution in [-0.4, -0.2) is 19.5 Å². The average molecular weight is 141 g/mol. The van der Waals surface area contributed by atoms with Gasteiger partial charge in [0, 0.05) is 5.52 Å². The molecule has 2 aromatic rings. The molecule has 0 aliphatic rings. The van der Waals surface area contributed by atoms with Gasteiger partial charge in [-0.1, -0.05) is 18.2 Å². The monoisotopic (exact) mass is 141 g/mol. The van der Waals surface area contributed by atoms with Crippen molar-refractivity contribution in [3.8, 4) is 0 Å². The van der Waals surface area contributed by atoms with E-state index >= 15 is 0 Å². The summed E-state index contributed by atoms with van der Waals surface area (Å²) in [6.07, 6.45) is 2.13. The van der Waals surface area contributed by atoms with Crippen molar-refractivity contribution in [2.24, 2.45) is 0 Å². The Kier molecular flexibility index (Phi) is 1.50. The predicted octanol–water partition coefficient (Wildman–Crippen LogP) is 0.389. The topological polar surface area (TPSA) is 4.93 Å². The quantitative estimate of drug-likeness (QED) is 0.506. The second-order valence-electron chi connectivity index (χ2n) is 2.66. The Morgan fingerprint density at radius 1 is 1.18 bits per heavy atom. The zero-order valence-corrected chi connectivity index (χ0v) is 6.62. The summed E-state index contributed by atoms with van der Waals surface area (Å²) in [5, 5.41) is 1.33. The van der Waals surface area contributed by atoms with Gasteiger partial charge in [0.2, 0.25) is 0 Å². The first kappa shape index (κ1) is 6.59. The van der Waals surface area contributed by atoms with Crippen LogP contribution in [0, 0.1) is 0 Å². The van der Waals surface area contributed by atoms with Crippen LogP contribution in [0.5, 0.6) is 0 Å². The Hall–Kier alpha value is -1.11. The molecule has 0 aliphatic heterocycles. The van der Waals surface area contributed by atoms with Gasteiger partial charge in [-0.2, -0.15) is 0 Å². The molecule has 0 unspecified atom stereocenters. The number of hydrogen-bond donors (Lipinski definition) is 0. The molecule has 0 aliphatic carbocycles. The molecular formula is C8H9B2N. The lowest BCUT2D eigenvalue weighted by molar-refractivity contribution is 1.31. The van der Waals surface area contributed by atoms with E-state index in [2.05, 4.69) is 48.7 Å². The van der Waals surface area contributed by atoms with Crippen molar-refractivity contribution in [3.05, 3.63) is 36.5 Å². The Morgan fingerprint density at radius 3 is 2.82 bits per heavy atom. The number of aromatic nitrogens is 1. The van der Waals surface area contributed by atoms with Gasteiger partial charge in [0.05, 0.1) is 7.74 Å². The number of hydrogen-bond acceptors (Lipinski definition) is 0. The van der Waals surface area contributed by atoms with Gasteiger partial charge in [0.25, 0.3) is 0 Å². The summed E-state index contributed by atoms with van der Waals surface area (Å²) in [7, 11) is 3.21. The molecule has 1 heterocycles. The highest BCUT2D eigenvalue weighted by atomic mass is 14.8. The van der Waals surface area contributed by atoms with Gasteiger partial charge in [-0.05, 0) is 23.7 Å². The fourth-order valence-corrected chi connectivity index (χ4v) is 1.42. The van der Waals surface area contributed by atoms with Crippen molar-refractivity contribution in [1.29, 1.82) is 0 Å². The predicted molar refractivity (Wildman–Crippen MR) is 53.0 cm³/mol. The summed E-state index contributed by atoms with van der Waals surface area (Å²) in [5.41, 5.74) is 1.33. The maximum atomic E-state index is 2.25. The van der Waals surface area contributed by atoms with Crippen LogP contribution in [0.4, 0.5) is 0 Å². The molecule has 0 amide bonds. The molecule has 0 atom stereocenters. The molecular weight excluding hydrogens is 132 g/mol. The highest BCUT2D eigenvalue weighted by Gasteiger charge is 1.95. The third-order valence-corrected chi connectivity index (χ3v) is 2.02. The fourth-order valence-electron chi connectivity index (χ4n) is 1.42. The molecule has 52 valence electrons. The van der Waals surface area contributed by atoms with E-state index in [1.165, 1.54) is 10.9 Å². The largest absolute Gasteiger partial charge is 0.404 e. The van der Waals surface area contributed by atoms with Crippen LogP contribution in [0.3, 0.4) is 0 Å². The van der Waals surface area contributed by atoms with E-state index in [1.807, 2.05) is 0 Å². The third kappa shape index (κ3) is 0.967. The second-order valence-corrected chi connectivity index (χ2v) is 2.66. The summed E-state index contributed by atoms with van der Waals surface area (Å²) < 4.78 is 2.25. The first-order valence-electron chi connectivity index (χ1n) is 3.95. The summed E-state index contributed by atoms with van der Waals surface area (Å²) in [6.45, 7) is 0. The highest BCUT2D eigenvalue weighted by molar-refractivity contribution is 6.88. The van der Waals surface area contributed by atoms with Gasteiger partial charge >= 0.3 is 0 Å². The molecule has 0 spiro atoms. The van der Waals surface area contributed by atoms with Crippen molar-refractivity contribution in [3.63, 3.8) is 0 Å². The highest BCUT2D eigenvalue weighted by Crippen LogP contribution is 2.12. The van der Waals surface area contributed by atoms with Crippen molar-refractivity contribution in [1.82, 2.24) is 4.48 Å². The van der Waals surface area contributed by atoms with E-state index in [4.69, 9.17) is 0 Å². The van der Waals surface area contributed by atoms with E-state index in [1.54, 1.807) is 0 Å². The lowest BCUT2D eigenvalue weighted by Gasteiger charge is -1.97. The van der Waals surface area contributed by atoms with E-state index in [9.17, 15) is 0 Å². The van der Waals surface area contributed by atoms with Crippen LogP contribution in [0.25, 0.3) is 10.9 Å². The van der Waals surface area contributed by atoms with E-state index in [0.29, 0.717) is 0 Å². The van der Waals surface area contributed by atoms with Gasteiger partial charge in [0.1, 0.15) is 0 Å². The van der Waals surface area contributed by atoms with Crippen molar-refractivity contribution >= 4 is 25.9 Å². The average Bonchev–Trinajstić information content (AvgIpc) is 2.47. The Bertz CT molecular complexity index is 367. The Balaban J connectivity index is 2.76. The maximum Gasteiger partial charge on any atom is 0.197 e. The molecule has 1 nitrogen and oxygen atoms in total. The maximum absolute atomic E-state index is 2.25. The number of fused-ring (bicyclic) bond motifs is 1. The summed E-state index contributed by atoms with van der Waals surface area (Å²) >= 11 is 0. The number of para-hydroxylation sites is 1. The van der Waals surface area contributed by atoms with E-state index in [0.717, 1.165) is 7.31 Å². The van der Waals surface area contributed by atoms with Gasteiger partial charge in [-0.3, -0.25) is 0 Å². The molecule has 0 bridgehead atoms. The number of nitrogens with zero attached hydrogens (tertiary/aromatic N) is 1. The lowest BCUT2D eigenvalue weighted by atomic mass is 9.67. The van der Waals surface area contributed by atoms with Crippen LogP contribution < -0.4 is 0 Å². The van der Waals surface area contributed by atoms with Crippen molar-refractivity contribution < 1.29 is 0 Å². The first-order chi connectivity index (χ1) is 5.42. The van der Waals surface area contributed by atoms with E-state index < -0.39 is 0 Å². The van der Waals surface area contributed by atoms with Crippen LogP contribution in [0.2, 0.25) is 0 Å². The lowest BCUT2D eigenvalue weighted by Crippen LogP contribution is -2.02. The molecule has 0 saturated carbocycles. The molecule has 1 aromatic heterocycles. The normalized spacial score (nSPS) is 10.2. The van der Waals surface area contributed by atoms with Gasteiger partial charge in [0.15, 0.2) is 7.31 Å². The standard InChI is InChI=1S/C8H9B2N/c9-10-11-6-5-7-3-1-2-4-8(7)11/h1-6,10H,9H2. The molecule has 0 saturated heterocycles. The smallest absolute Gasteiger partial charge is 0.197 e. The number of rotatable bonds is 1. The summed E-state index contributed by atoms with van der Waals surface area (Å²) in [5.74, 6) is 0. The van der Waals surface area contributed by atoms with Crippen LogP contribution in [0.1, 0.15) is 0 Å². The molecule has 3 heteroatoms. The number of benzene rings is 1. The van der Waals surface area contributed by atoms with Crippen LogP contribution in [-0.2, 0) is 0 Å². The summed E-state index contributed by atoms with van der Waals surface area (Å²) in [6, 6.07) is 10.6. The fraction of sp³-hybridized carbons (Fsp3) is 0. The zero-order chi connectivity index (χ0) is 7.68. The van der Waals surface area contributed by atoms with Crippen LogP contribution >= 0.6 is 0 Å². The molecule has 2 rings (SSSR count). The van der Waals surface area contributed by atoms with Crippen molar-refractivity contribution in [2.45, 2.75) is 0 Å². The minimum absolute atomic E-state index is 1.05. The molecule has 0 N–H and O–H groups in total. The van der Waals surface area contributed by atoms with Gasteiger partial charge < -0.3 is 4.48 Å². The molecule has 0 radical (unpaired) electrons. The molecule has 1 aromatic carbocycles. The zero-order valence-electron chi connectivity index (χ0n) is 6.62.